The number of carbonyl (C=O) groups excluding carboxylic acids is 1. The number of carbonyl (C=O) groups is 1. The summed E-state index contributed by atoms with van der Waals surface area (Å²) in [4.78, 5) is 46.1. The van der Waals surface area contributed by atoms with Crippen molar-refractivity contribution in [2.45, 2.75) is 13.5 Å². The second kappa shape index (κ2) is 7.95. The number of rotatable bonds is 3. The van der Waals surface area contributed by atoms with Crippen LogP contribution in [0.2, 0.25) is 5.02 Å². The van der Waals surface area contributed by atoms with Crippen LogP contribution in [0.1, 0.15) is 12.5 Å². The summed E-state index contributed by atoms with van der Waals surface area (Å²) < 4.78 is 2.59. The fourth-order valence-electron chi connectivity index (χ4n) is 3.86. The zero-order chi connectivity index (χ0) is 21.4. The quantitative estimate of drug-likeness (QED) is 0.632. The number of hydrogen-bond donors (Lipinski definition) is 0. The van der Waals surface area contributed by atoms with Crippen molar-refractivity contribution in [2.75, 3.05) is 31.1 Å². The first-order chi connectivity index (χ1) is 14.4. The number of nitrogens with zero attached hydrogens (tertiary/aromatic N) is 5. The molecule has 8 nitrogen and oxygen atoms in total. The molecule has 0 N–H and O–H groups in total. The molecule has 0 saturated carbocycles. The summed E-state index contributed by atoms with van der Waals surface area (Å²) in [5, 5.41) is 0.890. The predicted molar refractivity (Wildman–Crippen MR) is 116 cm³/mol. The molecule has 1 aromatic carbocycles. The molecule has 4 rings (SSSR count). The second-order valence-corrected chi connectivity index (χ2v) is 7.75. The molecule has 0 spiro atoms. The lowest BCUT2D eigenvalue weighted by Crippen LogP contribution is -2.48. The van der Waals surface area contributed by atoms with Crippen LogP contribution < -0.4 is 16.1 Å². The van der Waals surface area contributed by atoms with E-state index in [-0.39, 0.29) is 12.5 Å². The Morgan fingerprint density at radius 1 is 1.10 bits per heavy atom. The fraction of sp³-hybridized carbons (Fsp3) is 0.333. The molecule has 1 saturated heterocycles. The van der Waals surface area contributed by atoms with E-state index in [1.54, 1.807) is 49.3 Å². The molecular weight excluding hydrogens is 406 g/mol. The van der Waals surface area contributed by atoms with Gasteiger partial charge in [-0.2, -0.15) is 0 Å². The Morgan fingerprint density at radius 2 is 1.80 bits per heavy atom. The summed E-state index contributed by atoms with van der Waals surface area (Å²) in [6.07, 6.45) is 1.60. The first kappa shape index (κ1) is 20.2. The van der Waals surface area contributed by atoms with Gasteiger partial charge in [-0.15, -0.1) is 0 Å². The van der Waals surface area contributed by atoms with Gasteiger partial charge in [0.15, 0.2) is 5.65 Å². The van der Waals surface area contributed by atoms with E-state index < -0.39 is 11.2 Å². The Kier molecular flexibility index (Phi) is 5.34. The van der Waals surface area contributed by atoms with Crippen LogP contribution in [0.3, 0.4) is 0 Å². The Bertz CT molecular complexity index is 1240. The molecule has 3 heterocycles. The standard InChI is InChI=1S/C21H22ClN5O3/c1-14(28)25-9-11-26(12-10-25)17-7-8-23-19-18(17)20(29)27(21(30)24(19)2)13-15-5-3-4-6-16(15)22/h3-8H,9-13H2,1-2H3. The van der Waals surface area contributed by atoms with E-state index >= 15 is 0 Å². The van der Waals surface area contributed by atoms with Crippen LogP contribution in [0.5, 0.6) is 0 Å². The number of amides is 1. The van der Waals surface area contributed by atoms with Crippen molar-refractivity contribution in [2.24, 2.45) is 7.05 Å². The van der Waals surface area contributed by atoms with Crippen LogP contribution >= 0.6 is 11.6 Å². The van der Waals surface area contributed by atoms with Gasteiger partial charge in [0.05, 0.1) is 12.2 Å². The van der Waals surface area contributed by atoms with Crippen molar-refractivity contribution in [3.63, 3.8) is 0 Å². The molecule has 0 unspecified atom stereocenters. The van der Waals surface area contributed by atoms with Crippen LogP contribution in [0.4, 0.5) is 5.69 Å². The lowest BCUT2D eigenvalue weighted by atomic mass is 10.2. The van der Waals surface area contributed by atoms with Gasteiger partial charge in [0, 0.05) is 51.4 Å². The number of aryl methyl sites for hydroxylation is 1. The molecule has 2 aromatic heterocycles. The summed E-state index contributed by atoms with van der Waals surface area (Å²) in [5.74, 6) is 0.0405. The number of aromatic nitrogens is 3. The first-order valence-electron chi connectivity index (χ1n) is 9.71. The van der Waals surface area contributed by atoms with E-state index in [4.69, 9.17) is 11.6 Å². The second-order valence-electron chi connectivity index (χ2n) is 7.35. The third-order valence-corrected chi connectivity index (χ3v) is 5.92. The molecule has 3 aromatic rings. The van der Waals surface area contributed by atoms with Crippen LogP contribution in [0.15, 0.2) is 46.1 Å². The maximum Gasteiger partial charge on any atom is 0.332 e. The van der Waals surface area contributed by atoms with Gasteiger partial charge in [-0.05, 0) is 17.7 Å². The maximum absolute atomic E-state index is 13.4. The predicted octanol–water partition coefficient (Wildman–Crippen LogP) is 1.47. The average molecular weight is 428 g/mol. The number of pyridine rings is 1. The number of piperazine rings is 1. The topological polar surface area (TPSA) is 80.4 Å². The van der Waals surface area contributed by atoms with Crippen molar-refractivity contribution in [1.29, 1.82) is 0 Å². The summed E-state index contributed by atoms with van der Waals surface area (Å²) in [5.41, 5.74) is 0.908. The number of fused-ring (bicyclic) bond motifs is 1. The van der Waals surface area contributed by atoms with Gasteiger partial charge in [0.1, 0.15) is 5.39 Å². The molecule has 0 bridgehead atoms. The van der Waals surface area contributed by atoms with Crippen LogP contribution in [-0.4, -0.2) is 51.1 Å². The van der Waals surface area contributed by atoms with Gasteiger partial charge >= 0.3 is 5.69 Å². The summed E-state index contributed by atoms with van der Waals surface area (Å²) in [6, 6.07) is 8.94. The summed E-state index contributed by atoms with van der Waals surface area (Å²) in [7, 11) is 1.61. The van der Waals surface area contributed by atoms with Crippen LogP contribution in [0.25, 0.3) is 11.0 Å². The molecule has 1 aliphatic heterocycles. The molecule has 1 aliphatic rings. The number of halogens is 1. The molecule has 1 fully saturated rings. The van der Waals surface area contributed by atoms with E-state index in [1.165, 1.54) is 9.13 Å². The number of anilines is 1. The van der Waals surface area contributed by atoms with Crippen molar-refractivity contribution >= 4 is 34.2 Å². The van der Waals surface area contributed by atoms with Crippen molar-refractivity contribution in [1.82, 2.24) is 19.0 Å². The minimum atomic E-state index is -0.446. The Labute approximate surface area is 177 Å². The van der Waals surface area contributed by atoms with Gasteiger partial charge in [0.25, 0.3) is 5.56 Å². The number of benzene rings is 1. The molecule has 1 amide bonds. The van der Waals surface area contributed by atoms with Gasteiger partial charge in [-0.25, -0.2) is 9.78 Å². The fourth-order valence-corrected chi connectivity index (χ4v) is 4.05. The highest BCUT2D eigenvalue weighted by molar-refractivity contribution is 6.31. The highest BCUT2D eigenvalue weighted by Crippen LogP contribution is 2.23. The van der Waals surface area contributed by atoms with Crippen LogP contribution in [-0.2, 0) is 18.4 Å². The van der Waals surface area contributed by atoms with Gasteiger partial charge in [-0.1, -0.05) is 29.8 Å². The van der Waals surface area contributed by atoms with Gasteiger partial charge in [0.2, 0.25) is 5.91 Å². The lowest BCUT2D eigenvalue weighted by Gasteiger charge is -2.36. The van der Waals surface area contributed by atoms with Crippen molar-refractivity contribution in [3.05, 3.63) is 68.0 Å². The van der Waals surface area contributed by atoms with Crippen molar-refractivity contribution < 1.29 is 4.79 Å². The van der Waals surface area contributed by atoms with Crippen LogP contribution in [0, 0.1) is 0 Å². The summed E-state index contributed by atoms with van der Waals surface area (Å²) >= 11 is 6.25. The molecule has 0 aliphatic carbocycles. The third-order valence-electron chi connectivity index (χ3n) is 5.56. The zero-order valence-corrected chi connectivity index (χ0v) is 17.6. The maximum atomic E-state index is 13.4. The van der Waals surface area contributed by atoms with E-state index in [0.717, 1.165) is 5.69 Å². The zero-order valence-electron chi connectivity index (χ0n) is 16.8. The third kappa shape index (κ3) is 3.47. The molecule has 30 heavy (non-hydrogen) atoms. The highest BCUT2D eigenvalue weighted by atomic mass is 35.5. The van der Waals surface area contributed by atoms with E-state index in [9.17, 15) is 14.4 Å². The summed E-state index contributed by atoms with van der Waals surface area (Å²) in [6.45, 7) is 4.00. The molecule has 156 valence electrons. The molecular formula is C21H22ClN5O3. The minimum absolute atomic E-state index is 0.0405. The largest absolute Gasteiger partial charge is 0.367 e. The Hall–Kier alpha value is -3.13. The SMILES string of the molecule is CC(=O)N1CCN(c2ccnc3c2c(=O)n(Cc2ccccc2Cl)c(=O)n3C)CC1. The molecule has 0 atom stereocenters. The smallest absolute Gasteiger partial charge is 0.332 e. The first-order valence-corrected chi connectivity index (χ1v) is 10.1. The average Bonchev–Trinajstić information content (AvgIpc) is 2.76. The number of hydrogen-bond acceptors (Lipinski definition) is 5. The Balaban J connectivity index is 1.83. The molecule has 0 radical (unpaired) electrons. The molecule has 9 heteroatoms. The van der Waals surface area contributed by atoms with Gasteiger partial charge < -0.3 is 9.80 Å². The Morgan fingerprint density at radius 3 is 2.47 bits per heavy atom. The monoisotopic (exact) mass is 427 g/mol. The highest BCUT2D eigenvalue weighted by Gasteiger charge is 2.23. The normalized spacial score (nSPS) is 14.4. The lowest BCUT2D eigenvalue weighted by molar-refractivity contribution is -0.129. The van der Waals surface area contributed by atoms with E-state index in [2.05, 4.69) is 9.88 Å². The van der Waals surface area contributed by atoms with E-state index in [1.807, 2.05) is 6.07 Å². The van der Waals surface area contributed by atoms with Crippen molar-refractivity contribution in [3.8, 4) is 0 Å². The van der Waals surface area contributed by atoms with E-state index in [0.29, 0.717) is 47.8 Å². The van der Waals surface area contributed by atoms with Gasteiger partial charge in [-0.3, -0.25) is 18.7 Å². The minimum Gasteiger partial charge on any atom is -0.367 e.